The average molecular weight is 372 g/mol. The maximum absolute atomic E-state index is 12.0. The molecule has 1 N–H and O–H groups in total. The van der Waals surface area contributed by atoms with Gasteiger partial charge < -0.3 is 14.8 Å². The number of nitrogens with zero attached hydrogens (tertiary/aromatic N) is 1. The number of benzene rings is 1. The third kappa shape index (κ3) is 5.47. The molecule has 1 fully saturated rings. The number of aromatic nitrogens is 1. The number of ether oxygens (including phenoxy) is 2. The van der Waals surface area contributed by atoms with Crippen LogP contribution in [-0.4, -0.2) is 42.5 Å². The standard InChI is InChI=1S/C20H24N2O3S/c1-24-15-5-7-17(8-6-15)26-18-10-13-25-16(14-18)9-12-22-20(23)19-4-2-3-11-21-19/h2-8,11,16,18H,9-10,12-14H2,1H3,(H,22,23)/t16-,18+/m0/s1. The summed E-state index contributed by atoms with van der Waals surface area (Å²) in [5.41, 5.74) is 0.449. The van der Waals surface area contributed by atoms with Gasteiger partial charge in [0.15, 0.2) is 0 Å². The number of methoxy groups -OCH3 is 1. The summed E-state index contributed by atoms with van der Waals surface area (Å²) in [6.07, 6.45) is 4.67. The lowest BCUT2D eigenvalue weighted by molar-refractivity contribution is 0.0144. The van der Waals surface area contributed by atoms with Crippen LogP contribution in [0, 0.1) is 0 Å². The van der Waals surface area contributed by atoms with Crippen molar-refractivity contribution < 1.29 is 14.3 Å². The van der Waals surface area contributed by atoms with Gasteiger partial charge in [0.25, 0.3) is 5.91 Å². The van der Waals surface area contributed by atoms with Gasteiger partial charge in [0.05, 0.1) is 13.2 Å². The van der Waals surface area contributed by atoms with E-state index in [-0.39, 0.29) is 12.0 Å². The van der Waals surface area contributed by atoms with E-state index in [9.17, 15) is 4.79 Å². The summed E-state index contributed by atoms with van der Waals surface area (Å²) in [6.45, 7) is 1.37. The first kappa shape index (κ1) is 18.7. The van der Waals surface area contributed by atoms with E-state index in [0.29, 0.717) is 17.5 Å². The van der Waals surface area contributed by atoms with Crippen molar-refractivity contribution in [1.82, 2.24) is 10.3 Å². The SMILES string of the molecule is COc1ccc(S[C@@H]2CCO[C@@H](CCNC(=O)c3ccccn3)C2)cc1. The molecule has 0 radical (unpaired) electrons. The molecule has 1 amide bonds. The van der Waals surface area contributed by atoms with Gasteiger partial charge in [-0.05, 0) is 55.7 Å². The van der Waals surface area contributed by atoms with Crippen LogP contribution in [0.25, 0.3) is 0 Å². The highest BCUT2D eigenvalue weighted by atomic mass is 32.2. The second-order valence-electron chi connectivity index (χ2n) is 6.19. The molecule has 2 atom stereocenters. The van der Waals surface area contributed by atoms with E-state index in [1.807, 2.05) is 30.0 Å². The Morgan fingerprint density at radius 1 is 1.31 bits per heavy atom. The van der Waals surface area contributed by atoms with E-state index < -0.39 is 0 Å². The molecule has 1 aromatic carbocycles. The summed E-state index contributed by atoms with van der Waals surface area (Å²) in [5, 5.41) is 3.46. The molecule has 0 spiro atoms. The third-order valence-electron chi connectivity index (χ3n) is 4.33. The van der Waals surface area contributed by atoms with Crippen molar-refractivity contribution in [3.05, 3.63) is 54.4 Å². The fourth-order valence-corrected chi connectivity index (χ4v) is 4.14. The highest BCUT2D eigenvalue weighted by Crippen LogP contribution is 2.33. The van der Waals surface area contributed by atoms with Gasteiger partial charge in [-0.2, -0.15) is 0 Å². The minimum absolute atomic E-state index is 0.134. The van der Waals surface area contributed by atoms with E-state index >= 15 is 0 Å². The van der Waals surface area contributed by atoms with Crippen LogP contribution in [0.15, 0.2) is 53.6 Å². The molecule has 26 heavy (non-hydrogen) atoms. The number of hydrogen-bond acceptors (Lipinski definition) is 5. The Bertz CT molecular complexity index is 694. The Balaban J connectivity index is 1.42. The highest BCUT2D eigenvalue weighted by molar-refractivity contribution is 8.00. The molecule has 2 heterocycles. The molecule has 1 aromatic heterocycles. The lowest BCUT2D eigenvalue weighted by atomic mass is 10.1. The summed E-state index contributed by atoms with van der Waals surface area (Å²) in [4.78, 5) is 17.3. The minimum Gasteiger partial charge on any atom is -0.497 e. The highest BCUT2D eigenvalue weighted by Gasteiger charge is 2.23. The Morgan fingerprint density at radius 2 is 2.15 bits per heavy atom. The van der Waals surface area contributed by atoms with Crippen LogP contribution in [0.4, 0.5) is 0 Å². The Kier molecular flexibility index (Phi) is 6.91. The van der Waals surface area contributed by atoms with Crippen molar-refractivity contribution in [2.24, 2.45) is 0 Å². The zero-order valence-corrected chi connectivity index (χ0v) is 15.7. The molecular formula is C20H24N2O3S. The zero-order valence-electron chi connectivity index (χ0n) is 14.9. The van der Waals surface area contributed by atoms with E-state index in [1.165, 1.54) is 4.90 Å². The topological polar surface area (TPSA) is 60.5 Å². The molecule has 0 bridgehead atoms. The molecule has 5 nitrogen and oxygen atoms in total. The first-order valence-corrected chi connectivity index (χ1v) is 9.74. The molecular weight excluding hydrogens is 348 g/mol. The van der Waals surface area contributed by atoms with Gasteiger partial charge in [-0.3, -0.25) is 9.78 Å². The maximum Gasteiger partial charge on any atom is 0.269 e. The molecule has 1 aliphatic heterocycles. The van der Waals surface area contributed by atoms with Crippen LogP contribution in [0.5, 0.6) is 5.75 Å². The van der Waals surface area contributed by atoms with Crippen LogP contribution in [0.1, 0.15) is 29.8 Å². The molecule has 138 valence electrons. The Labute approximate surface area is 158 Å². The second-order valence-corrected chi connectivity index (χ2v) is 7.57. The lowest BCUT2D eigenvalue weighted by Gasteiger charge is -2.29. The molecule has 6 heteroatoms. The number of hydrogen-bond donors (Lipinski definition) is 1. The first-order chi connectivity index (χ1) is 12.7. The van der Waals surface area contributed by atoms with E-state index in [4.69, 9.17) is 9.47 Å². The number of carbonyl (C=O) groups excluding carboxylic acids is 1. The van der Waals surface area contributed by atoms with Crippen molar-refractivity contribution in [1.29, 1.82) is 0 Å². The number of rotatable bonds is 7. The van der Waals surface area contributed by atoms with Crippen molar-refractivity contribution in [3.8, 4) is 5.75 Å². The largest absolute Gasteiger partial charge is 0.497 e. The van der Waals surface area contributed by atoms with Gasteiger partial charge in [-0.25, -0.2) is 0 Å². The van der Waals surface area contributed by atoms with Crippen LogP contribution < -0.4 is 10.1 Å². The lowest BCUT2D eigenvalue weighted by Crippen LogP contribution is -2.32. The van der Waals surface area contributed by atoms with Gasteiger partial charge >= 0.3 is 0 Å². The summed E-state index contributed by atoms with van der Waals surface area (Å²) in [6, 6.07) is 13.5. The second kappa shape index (κ2) is 9.59. The molecule has 1 saturated heterocycles. The smallest absolute Gasteiger partial charge is 0.269 e. The number of carbonyl (C=O) groups is 1. The van der Waals surface area contributed by atoms with Crippen molar-refractivity contribution in [2.75, 3.05) is 20.3 Å². The number of amides is 1. The fraction of sp³-hybridized carbons (Fsp3) is 0.400. The van der Waals surface area contributed by atoms with Crippen LogP contribution in [0.2, 0.25) is 0 Å². The number of nitrogens with one attached hydrogen (secondary N) is 1. The fourth-order valence-electron chi connectivity index (χ4n) is 2.93. The molecule has 2 aromatic rings. The van der Waals surface area contributed by atoms with Crippen LogP contribution in [0.3, 0.4) is 0 Å². The van der Waals surface area contributed by atoms with Crippen LogP contribution in [-0.2, 0) is 4.74 Å². The number of pyridine rings is 1. The van der Waals surface area contributed by atoms with Crippen LogP contribution >= 0.6 is 11.8 Å². The summed E-state index contributed by atoms with van der Waals surface area (Å²) >= 11 is 1.89. The molecule has 3 rings (SSSR count). The van der Waals surface area contributed by atoms with Crippen molar-refractivity contribution in [3.63, 3.8) is 0 Å². The molecule has 0 aliphatic carbocycles. The molecule has 0 saturated carbocycles. The predicted octanol–water partition coefficient (Wildman–Crippen LogP) is 3.55. The molecule has 0 unspecified atom stereocenters. The van der Waals surface area contributed by atoms with Gasteiger partial charge in [0.2, 0.25) is 0 Å². The summed E-state index contributed by atoms with van der Waals surface area (Å²) < 4.78 is 11.1. The average Bonchev–Trinajstić information content (AvgIpc) is 2.69. The number of thioether (sulfide) groups is 1. The van der Waals surface area contributed by atoms with E-state index in [2.05, 4.69) is 22.4 Å². The predicted molar refractivity (Wildman–Crippen MR) is 103 cm³/mol. The maximum atomic E-state index is 12.0. The minimum atomic E-state index is -0.134. The van der Waals surface area contributed by atoms with Gasteiger partial charge in [-0.15, -0.1) is 11.8 Å². The Hall–Kier alpha value is -2.05. The molecule has 1 aliphatic rings. The third-order valence-corrected chi connectivity index (χ3v) is 5.64. The monoisotopic (exact) mass is 372 g/mol. The quantitative estimate of drug-likeness (QED) is 0.805. The van der Waals surface area contributed by atoms with Crippen molar-refractivity contribution >= 4 is 17.7 Å². The van der Waals surface area contributed by atoms with Crippen molar-refractivity contribution in [2.45, 2.75) is 35.5 Å². The van der Waals surface area contributed by atoms with E-state index in [0.717, 1.165) is 31.6 Å². The first-order valence-electron chi connectivity index (χ1n) is 8.86. The van der Waals surface area contributed by atoms with Gasteiger partial charge in [0.1, 0.15) is 11.4 Å². The van der Waals surface area contributed by atoms with E-state index in [1.54, 1.807) is 25.4 Å². The summed E-state index contributed by atoms with van der Waals surface area (Å²) in [7, 11) is 1.68. The van der Waals surface area contributed by atoms with Gasteiger partial charge in [0, 0.05) is 29.5 Å². The van der Waals surface area contributed by atoms with Gasteiger partial charge in [-0.1, -0.05) is 6.07 Å². The Morgan fingerprint density at radius 3 is 2.88 bits per heavy atom. The summed E-state index contributed by atoms with van der Waals surface area (Å²) in [5.74, 6) is 0.744. The normalized spacial score (nSPS) is 19.7. The zero-order chi connectivity index (χ0) is 18.2.